The van der Waals surface area contributed by atoms with E-state index in [-0.39, 0.29) is 0 Å². The number of rotatable bonds is 2. The monoisotopic (exact) mass is 266 g/mol. The molecule has 1 aromatic rings. The van der Waals surface area contributed by atoms with Gasteiger partial charge in [-0.2, -0.15) is 4.20 Å². The largest absolute Gasteiger partial charge is 0.381 e. The van der Waals surface area contributed by atoms with Crippen LogP contribution < -0.4 is 0 Å². The highest BCUT2D eigenvalue weighted by Gasteiger charge is 2.26. The molecule has 0 amide bonds. The molecule has 0 aliphatic heterocycles. The van der Waals surface area contributed by atoms with Gasteiger partial charge in [0.05, 0.1) is 0 Å². The van der Waals surface area contributed by atoms with E-state index in [1.807, 2.05) is 30.3 Å². The van der Waals surface area contributed by atoms with Crippen LogP contribution in [0, 0.1) is 0 Å². The van der Waals surface area contributed by atoms with E-state index in [0.717, 1.165) is 14.4 Å². The third-order valence-corrected chi connectivity index (χ3v) is 3.95. The van der Waals surface area contributed by atoms with Crippen molar-refractivity contribution in [3.8, 4) is 0 Å². The minimum absolute atomic E-state index is 0.794. The molecule has 0 saturated heterocycles. The van der Waals surface area contributed by atoms with E-state index in [4.69, 9.17) is 11.6 Å². The first-order valence-corrected chi connectivity index (χ1v) is 6.52. The van der Waals surface area contributed by atoms with Crippen LogP contribution in [0.4, 0.5) is 4.20 Å². The zero-order chi connectivity index (χ0) is 12.8. The molecule has 0 radical (unpaired) electrons. The molecular weight excluding hydrogens is 250 g/mol. The van der Waals surface area contributed by atoms with Gasteiger partial charge in [0.1, 0.15) is 0 Å². The van der Waals surface area contributed by atoms with Crippen LogP contribution in [-0.2, 0) is 4.57 Å². The van der Waals surface area contributed by atoms with E-state index >= 15 is 0 Å². The average Bonchev–Trinajstić information content (AvgIpc) is 2.19. The standard InChI is InChI=1S/C6H5Cl.C4H12FN2OP/c7-6-4-2-1-3-5-6;1-6(2)9(5,8)7(3)4/h1-5H;1-4H3. The van der Waals surface area contributed by atoms with Crippen molar-refractivity contribution >= 4 is 19.4 Å². The van der Waals surface area contributed by atoms with Gasteiger partial charge in [0.2, 0.25) is 0 Å². The average molecular weight is 267 g/mol. The maximum Gasteiger partial charge on any atom is 0.381 e. The van der Waals surface area contributed by atoms with E-state index in [1.54, 1.807) is 0 Å². The van der Waals surface area contributed by atoms with Crippen LogP contribution in [0.25, 0.3) is 0 Å². The maximum absolute atomic E-state index is 12.7. The summed E-state index contributed by atoms with van der Waals surface area (Å²) in [6.45, 7) is 0. The number of benzene rings is 1. The van der Waals surface area contributed by atoms with Crippen LogP contribution in [-0.4, -0.2) is 37.5 Å². The molecule has 16 heavy (non-hydrogen) atoms. The van der Waals surface area contributed by atoms with Crippen LogP contribution in [0.3, 0.4) is 0 Å². The second kappa shape index (κ2) is 7.02. The van der Waals surface area contributed by atoms with Gasteiger partial charge in [-0.25, -0.2) is 9.34 Å². The van der Waals surface area contributed by atoms with E-state index < -0.39 is 7.75 Å². The first kappa shape index (κ1) is 15.6. The van der Waals surface area contributed by atoms with Gasteiger partial charge in [0.25, 0.3) is 0 Å². The van der Waals surface area contributed by atoms with Crippen molar-refractivity contribution in [2.75, 3.05) is 28.2 Å². The Bertz CT molecular complexity index is 334. The van der Waals surface area contributed by atoms with Crippen LogP contribution in [0.2, 0.25) is 5.02 Å². The van der Waals surface area contributed by atoms with E-state index in [2.05, 4.69) is 0 Å². The number of hydrogen-bond acceptors (Lipinski definition) is 1. The Morgan fingerprint density at radius 2 is 1.44 bits per heavy atom. The van der Waals surface area contributed by atoms with Crippen molar-refractivity contribution in [2.45, 2.75) is 0 Å². The van der Waals surface area contributed by atoms with Crippen molar-refractivity contribution < 1.29 is 8.76 Å². The van der Waals surface area contributed by atoms with E-state index in [1.165, 1.54) is 28.2 Å². The minimum atomic E-state index is -3.67. The number of halogens is 2. The Hall–Kier alpha value is -0.410. The third kappa shape index (κ3) is 5.61. The van der Waals surface area contributed by atoms with Gasteiger partial charge in [-0.15, -0.1) is 0 Å². The van der Waals surface area contributed by atoms with Gasteiger partial charge in [-0.05, 0) is 40.3 Å². The molecule has 0 heterocycles. The molecule has 0 aliphatic carbocycles. The Kier molecular flexibility index (Phi) is 6.84. The third-order valence-electron chi connectivity index (χ3n) is 1.72. The van der Waals surface area contributed by atoms with Crippen molar-refractivity contribution in [3.63, 3.8) is 0 Å². The summed E-state index contributed by atoms with van der Waals surface area (Å²) < 4.78 is 25.7. The van der Waals surface area contributed by atoms with Crippen LogP contribution >= 0.6 is 19.4 Å². The molecule has 0 aliphatic rings. The predicted molar refractivity (Wildman–Crippen MR) is 67.5 cm³/mol. The number of hydrogen-bond donors (Lipinski definition) is 0. The fourth-order valence-electron chi connectivity index (χ4n) is 0.772. The highest BCUT2D eigenvalue weighted by atomic mass is 35.5. The molecule has 0 fully saturated rings. The normalized spacial score (nSPS) is 11.2. The smallest absolute Gasteiger partial charge is 0.251 e. The molecule has 0 aromatic heterocycles. The SMILES string of the molecule is CN(C)P(=O)(F)N(C)C.Clc1ccccc1. The molecule has 0 N–H and O–H groups in total. The predicted octanol–water partition coefficient (Wildman–Crippen LogP) is 3.53. The van der Waals surface area contributed by atoms with Gasteiger partial charge in [0, 0.05) is 5.02 Å². The molecule has 1 rings (SSSR count). The quantitative estimate of drug-likeness (QED) is 0.765. The number of nitrogens with zero attached hydrogens (tertiary/aromatic N) is 2. The van der Waals surface area contributed by atoms with Gasteiger partial charge < -0.3 is 0 Å². The van der Waals surface area contributed by atoms with Crippen molar-refractivity contribution in [1.82, 2.24) is 9.34 Å². The molecule has 0 saturated carbocycles. The lowest BCUT2D eigenvalue weighted by Gasteiger charge is -2.21. The maximum atomic E-state index is 12.7. The zero-order valence-corrected chi connectivity index (χ0v) is 11.5. The van der Waals surface area contributed by atoms with Gasteiger partial charge in [-0.1, -0.05) is 29.8 Å². The van der Waals surface area contributed by atoms with Gasteiger partial charge in [-0.3, -0.25) is 4.57 Å². The summed E-state index contributed by atoms with van der Waals surface area (Å²) in [6.07, 6.45) is 0. The molecule has 92 valence electrons. The lowest BCUT2D eigenvalue weighted by Crippen LogP contribution is -2.17. The van der Waals surface area contributed by atoms with Gasteiger partial charge >= 0.3 is 7.75 Å². The molecule has 0 atom stereocenters. The Morgan fingerprint density at radius 3 is 1.56 bits per heavy atom. The second-order valence-electron chi connectivity index (χ2n) is 3.46. The van der Waals surface area contributed by atoms with E-state index in [0.29, 0.717) is 0 Å². The molecule has 0 spiro atoms. The summed E-state index contributed by atoms with van der Waals surface area (Å²) in [5, 5.41) is 0.794. The highest BCUT2D eigenvalue weighted by molar-refractivity contribution is 7.53. The zero-order valence-electron chi connectivity index (χ0n) is 9.89. The van der Waals surface area contributed by atoms with Crippen LogP contribution in [0.1, 0.15) is 0 Å². The summed E-state index contributed by atoms with van der Waals surface area (Å²) in [6, 6.07) is 9.44. The highest BCUT2D eigenvalue weighted by Crippen LogP contribution is 2.50. The molecular formula is C10H17ClFN2OP. The summed E-state index contributed by atoms with van der Waals surface area (Å²) >= 11 is 5.54. The Morgan fingerprint density at radius 1 is 1.06 bits per heavy atom. The minimum Gasteiger partial charge on any atom is -0.251 e. The summed E-state index contributed by atoms with van der Waals surface area (Å²) in [7, 11) is 2.11. The van der Waals surface area contributed by atoms with Gasteiger partial charge in [0.15, 0.2) is 0 Å². The molecule has 6 heteroatoms. The molecule has 1 aromatic carbocycles. The summed E-state index contributed by atoms with van der Waals surface area (Å²) in [5.74, 6) is 0. The topological polar surface area (TPSA) is 23.6 Å². The Labute approximate surface area is 101 Å². The molecule has 0 bridgehead atoms. The first-order valence-electron chi connectivity index (χ1n) is 4.64. The summed E-state index contributed by atoms with van der Waals surface area (Å²) in [4.78, 5) is 0. The van der Waals surface area contributed by atoms with Crippen LogP contribution in [0.5, 0.6) is 0 Å². The van der Waals surface area contributed by atoms with Crippen molar-refractivity contribution in [1.29, 1.82) is 0 Å². The summed E-state index contributed by atoms with van der Waals surface area (Å²) in [5.41, 5.74) is 0. The molecule has 3 nitrogen and oxygen atoms in total. The lowest BCUT2D eigenvalue weighted by molar-refractivity contribution is 0.399. The Balaban J connectivity index is 0.000000288. The fourth-order valence-corrected chi connectivity index (χ4v) is 1.63. The lowest BCUT2D eigenvalue weighted by atomic mass is 10.4. The van der Waals surface area contributed by atoms with Crippen molar-refractivity contribution in [3.05, 3.63) is 35.4 Å². The van der Waals surface area contributed by atoms with Crippen molar-refractivity contribution in [2.24, 2.45) is 0 Å². The van der Waals surface area contributed by atoms with E-state index in [9.17, 15) is 8.76 Å². The second-order valence-corrected chi connectivity index (χ2v) is 6.45. The fraction of sp³-hybridized carbons (Fsp3) is 0.400. The molecule has 0 unspecified atom stereocenters. The van der Waals surface area contributed by atoms with Crippen LogP contribution in [0.15, 0.2) is 30.3 Å². The first-order chi connectivity index (χ1) is 7.28.